The topological polar surface area (TPSA) is 50.2 Å². The maximum Gasteiger partial charge on any atom is 0.0564 e. The van der Waals surface area contributed by atoms with Crippen LogP contribution < -0.4 is 0 Å². The molecule has 148 valence electrons. The molecule has 0 unspecified atom stereocenters. The first-order valence-electron chi connectivity index (χ1n) is 9.73. The smallest absolute Gasteiger partial charge is 0.0564 e. The van der Waals surface area contributed by atoms with Gasteiger partial charge in [-0.2, -0.15) is 0 Å². The lowest BCUT2D eigenvalue weighted by Gasteiger charge is -2.30. The zero-order valence-electron chi connectivity index (χ0n) is 17.5. The highest BCUT2D eigenvalue weighted by Gasteiger charge is 2.16. The molecule has 2 fully saturated rings. The molecule has 2 rings (SSSR count). The second kappa shape index (κ2) is 17.6. The molecule has 2 N–H and O–H groups in total. The molecule has 0 saturated carbocycles. The SMILES string of the molecule is CC.CC(C)O.CN(C)CCN1CCC(O)CC1.CN1CCCC1. The summed E-state index contributed by atoms with van der Waals surface area (Å²) in [5.74, 6) is 0. The lowest BCUT2D eigenvalue weighted by molar-refractivity contribution is 0.0795. The molecule has 24 heavy (non-hydrogen) atoms. The van der Waals surface area contributed by atoms with Crippen molar-refractivity contribution in [2.45, 2.75) is 65.6 Å². The van der Waals surface area contributed by atoms with Crippen molar-refractivity contribution in [3.8, 4) is 0 Å². The van der Waals surface area contributed by atoms with Crippen LogP contribution in [0.3, 0.4) is 0 Å². The van der Waals surface area contributed by atoms with Gasteiger partial charge in [0.05, 0.1) is 6.10 Å². The van der Waals surface area contributed by atoms with Gasteiger partial charge in [0, 0.05) is 32.3 Å². The monoisotopic (exact) mass is 347 g/mol. The molecule has 0 spiro atoms. The predicted molar refractivity (Wildman–Crippen MR) is 106 cm³/mol. The second-order valence-corrected chi connectivity index (χ2v) is 6.98. The molecule has 0 aromatic heterocycles. The summed E-state index contributed by atoms with van der Waals surface area (Å²) < 4.78 is 0. The fraction of sp³-hybridized carbons (Fsp3) is 1.00. The lowest BCUT2D eigenvalue weighted by atomic mass is 10.1. The highest BCUT2D eigenvalue weighted by molar-refractivity contribution is 4.71. The van der Waals surface area contributed by atoms with Crippen molar-refractivity contribution in [2.24, 2.45) is 0 Å². The van der Waals surface area contributed by atoms with Crippen molar-refractivity contribution in [3.63, 3.8) is 0 Å². The van der Waals surface area contributed by atoms with E-state index in [0.717, 1.165) is 39.0 Å². The zero-order chi connectivity index (χ0) is 19.0. The normalized spacial score (nSPS) is 19.1. The number of nitrogens with zero attached hydrogens (tertiary/aromatic N) is 3. The standard InChI is InChI=1S/C9H20N2O.C5H11N.C3H8O.C2H6/c1-10(2)7-8-11-5-3-9(12)4-6-11;1-6-4-2-3-5-6;1-3(2)4;1-2/h9,12H,3-8H2,1-2H3;2-5H2,1H3;3-4H,1-2H3;1-2H3. The van der Waals surface area contributed by atoms with Gasteiger partial charge in [0.2, 0.25) is 0 Å². The molecule has 0 aromatic carbocycles. The van der Waals surface area contributed by atoms with Crippen LogP contribution in [0.15, 0.2) is 0 Å². The average Bonchev–Trinajstić information content (AvgIpc) is 3.00. The van der Waals surface area contributed by atoms with Crippen LogP contribution in [0.25, 0.3) is 0 Å². The zero-order valence-corrected chi connectivity index (χ0v) is 17.5. The van der Waals surface area contributed by atoms with Crippen molar-refractivity contribution in [1.29, 1.82) is 0 Å². The Bertz CT molecular complexity index is 234. The van der Waals surface area contributed by atoms with Crippen molar-refractivity contribution in [3.05, 3.63) is 0 Å². The van der Waals surface area contributed by atoms with E-state index in [1.165, 1.54) is 25.9 Å². The van der Waals surface area contributed by atoms with Crippen LogP contribution >= 0.6 is 0 Å². The summed E-state index contributed by atoms with van der Waals surface area (Å²) in [5, 5.41) is 17.3. The molecule has 2 aliphatic rings. The third-order valence-electron chi connectivity index (χ3n) is 3.75. The number of hydrogen-bond donors (Lipinski definition) is 2. The van der Waals surface area contributed by atoms with Crippen LogP contribution in [0.4, 0.5) is 0 Å². The number of likely N-dealkylation sites (tertiary alicyclic amines) is 2. The molecular weight excluding hydrogens is 302 g/mol. The Morgan fingerprint density at radius 3 is 1.71 bits per heavy atom. The second-order valence-electron chi connectivity index (χ2n) is 6.98. The van der Waals surface area contributed by atoms with Crippen molar-refractivity contribution < 1.29 is 10.2 Å². The highest BCUT2D eigenvalue weighted by atomic mass is 16.3. The Labute approximate surface area is 151 Å². The van der Waals surface area contributed by atoms with E-state index in [0.29, 0.717) is 0 Å². The van der Waals surface area contributed by atoms with Crippen molar-refractivity contribution >= 4 is 0 Å². The van der Waals surface area contributed by atoms with Gasteiger partial charge in [-0.3, -0.25) is 0 Å². The van der Waals surface area contributed by atoms with Crippen LogP contribution in [0, 0.1) is 0 Å². The quantitative estimate of drug-likeness (QED) is 0.819. The third-order valence-corrected chi connectivity index (χ3v) is 3.75. The van der Waals surface area contributed by atoms with E-state index in [1.807, 2.05) is 13.8 Å². The molecular formula is C19H45N3O2. The molecule has 0 aromatic rings. The summed E-state index contributed by atoms with van der Waals surface area (Å²) in [6.45, 7) is 14.5. The van der Waals surface area contributed by atoms with E-state index >= 15 is 0 Å². The summed E-state index contributed by atoms with van der Waals surface area (Å²) in [6, 6.07) is 0. The van der Waals surface area contributed by atoms with E-state index < -0.39 is 0 Å². The van der Waals surface area contributed by atoms with Crippen LogP contribution in [0.2, 0.25) is 0 Å². The molecule has 2 heterocycles. The van der Waals surface area contributed by atoms with Crippen LogP contribution in [-0.4, -0.2) is 97.5 Å². The van der Waals surface area contributed by atoms with Gasteiger partial charge in [0.15, 0.2) is 0 Å². The minimum Gasteiger partial charge on any atom is -0.394 e. The predicted octanol–water partition coefficient (Wildman–Crippen LogP) is 2.13. The fourth-order valence-electron chi connectivity index (χ4n) is 2.36. The minimum absolute atomic E-state index is 0.0411. The van der Waals surface area contributed by atoms with Gasteiger partial charge < -0.3 is 24.9 Å². The number of piperidine rings is 1. The molecule has 5 nitrogen and oxygen atoms in total. The number of rotatable bonds is 3. The molecule has 0 bridgehead atoms. The first kappa shape index (κ1) is 26.0. The van der Waals surface area contributed by atoms with Gasteiger partial charge in [0.25, 0.3) is 0 Å². The van der Waals surface area contributed by atoms with Gasteiger partial charge in [-0.15, -0.1) is 0 Å². The summed E-state index contributed by atoms with van der Waals surface area (Å²) in [4.78, 5) is 6.98. The van der Waals surface area contributed by atoms with E-state index in [4.69, 9.17) is 5.11 Å². The van der Waals surface area contributed by atoms with E-state index in [2.05, 4.69) is 35.8 Å². The van der Waals surface area contributed by atoms with Crippen molar-refractivity contribution in [2.75, 3.05) is 60.4 Å². The maximum absolute atomic E-state index is 9.27. The molecule has 0 amide bonds. The van der Waals surface area contributed by atoms with Gasteiger partial charge in [-0.25, -0.2) is 0 Å². The lowest BCUT2D eigenvalue weighted by Crippen LogP contribution is -2.39. The van der Waals surface area contributed by atoms with Crippen LogP contribution in [0.1, 0.15) is 53.4 Å². The largest absolute Gasteiger partial charge is 0.394 e. The average molecular weight is 348 g/mol. The van der Waals surface area contributed by atoms with Gasteiger partial charge in [-0.05, 0) is 73.8 Å². The van der Waals surface area contributed by atoms with Crippen molar-refractivity contribution in [1.82, 2.24) is 14.7 Å². The third kappa shape index (κ3) is 19.8. The van der Waals surface area contributed by atoms with Gasteiger partial charge >= 0.3 is 0 Å². The summed E-state index contributed by atoms with van der Waals surface area (Å²) in [7, 11) is 6.37. The molecule has 2 saturated heterocycles. The first-order valence-corrected chi connectivity index (χ1v) is 9.73. The van der Waals surface area contributed by atoms with Gasteiger partial charge in [0.1, 0.15) is 0 Å². The summed E-state index contributed by atoms with van der Waals surface area (Å²) in [6.07, 6.45) is 4.52. The van der Waals surface area contributed by atoms with Crippen LogP contribution in [-0.2, 0) is 0 Å². The number of hydrogen-bond acceptors (Lipinski definition) is 5. The summed E-state index contributed by atoms with van der Waals surface area (Å²) in [5.41, 5.74) is 0. The first-order chi connectivity index (χ1) is 11.3. The van der Waals surface area contributed by atoms with Crippen LogP contribution in [0.5, 0.6) is 0 Å². The Morgan fingerprint density at radius 1 is 1.00 bits per heavy atom. The minimum atomic E-state index is -0.167. The van der Waals surface area contributed by atoms with E-state index in [1.54, 1.807) is 13.8 Å². The Hall–Kier alpha value is -0.200. The number of aliphatic hydroxyl groups is 2. The molecule has 0 radical (unpaired) electrons. The number of aliphatic hydroxyl groups excluding tert-OH is 2. The van der Waals surface area contributed by atoms with E-state index in [9.17, 15) is 5.11 Å². The molecule has 0 aliphatic carbocycles. The molecule has 2 aliphatic heterocycles. The van der Waals surface area contributed by atoms with Gasteiger partial charge in [-0.1, -0.05) is 13.8 Å². The Kier molecular flexibility index (Phi) is 19.1. The Balaban J connectivity index is 0. The molecule has 0 atom stereocenters. The summed E-state index contributed by atoms with van der Waals surface area (Å²) >= 11 is 0. The molecule has 5 heteroatoms. The highest BCUT2D eigenvalue weighted by Crippen LogP contribution is 2.08. The van der Waals surface area contributed by atoms with E-state index in [-0.39, 0.29) is 12.2 Å². The Morgan fingerprint density at radius 2 is 1.42 bits per heavy atom. The number of likely N-dealkylation sites (N-methyl/N-ethyl adjacent to an activating group) is 1. The maximum atomic E-state index is 9.27. The fourth-order valence-corrected chi connectivity index (χ4v) is 2.36.